The molecule has 0 amide bonds. The molecular weight excluding hydrogens is 270 g/mol. The van der Waals surface area contributed by atoms with Gasteiger partial charge in [0.2, 0.25) is 0 Å². The summed E-state index contributed by atoms with van der Waals surface area (Å²) in [5.74, 6) is 1.39. The molecule has 1 aliphatic rings. The van der Waals surface area contributed by atoms with E-state index in [1.54, 1.807) is 0 Å². The van der Waals surface area contributed by atoms with E-state index in [0.29, 0.717) is 23.1 Å². The van der Waals surface area contributed by atoms with Crippen molar-refractivity contribution in [1.29, 1.82) is 5.26 Å². The fourth-order valence-corrected chi connectivity index (χ4v) is 3.31. The van der Waals surface area contributed by atoms with Crippen LogP contribution in [0, 0.1) is 11.3 Å². The van der Waals surface area contributed by atoms with Crippen molar-refractivity contribution in [3.05, 3.63) is 29.3 Å². The molecule has 0 saturated carbocycles. The van der Waals surface area contributed by atoms with Gasteiger partial charge in [-0.15, -0.1) is 0 Å². The Morgan fingerprint density at radius 2 is 2.10 bits per heavy atom. The highest BCUT2D eigenvalue weighted by Crippen LogP contribution is 2.23. The topological polar surface area (TPSA) is 56.1 Å². The summed E-state index contributed by atoms with van der Waals surface area (Å²) in [4.78, 5) is 2.17. The number of benzene rings is 1. The Balaban J connectivity index is 2.14. The Morgan fingerprint density at radius 3 is 2.70 bits per heavy atom. The van der Waals surface area contributed by atoms with Gasteiger partial charge in [0.15, 0.2) is 0 Å². The van der Waals surface area contributed by atoms with Crippen LogP contribution in [0.3, 0.4) is 0 Å². The molecule has 1 N–H and O–H groups in total. The lowest BCUT2D eigenvalue weighted by atomic mass is 10.1. The van der Waals surface area contributed by atoms with Crippen molar-refractivity contribution in [3.63, 3.8) is 0 Å². The van der Waals surface area contributed by atoms with E-state index < -0.39 is 10.8 Å². The molecule has 1 aliphatic heterocycles. The number of hydrogen-bond donors (Lipinski definition) is 1. The molecule has 0 unspecified atom stereocenters. The van der Waals surface area contributed by atoms with E-state index in [0.717, 1.165) is 30.9 Å². The van der Waals surface area contributed by atoms with Gasteiger partial charge in [-0.2, -0.15) is 5.26 Å². The van der Waals surface area contributed by atoms with Crippen LogP contribution in [0.4, 0.5) is 5.69 Å². The molecule has 1 fully saturated rings. The minimum absolute atomic E-state index is 0.428. The molecule has 4 nitrogen and oxygen atoms in total. The lowest BCUT2D eigenvalue weighted by Crippen LogP contribution is -2.38. The van der Waals surface area contributed by atoms with Crippen molar-refractivity contribution in [2.75, 3.05) is 29.5 Å². The first-order valence-electron chi connectivity index (χ1n) is 6.96. The third kappa shape index (κ3) is 3.81. The molecule has 0 aromatic heterocycles. The van der Waals surface area contributed by atoms with Crippen LogP contribution in [-0.2, 0) is 17.3 Å². The van der Waals surface area contributed by atoms with E-state index in [1.807, 2.05) is 12.1 Å². The molecule has 0 bridgehead atoms. The quantitative estimate of drug-likeness (QED) is 0.916. The zero-order valence-electron chi connectivity index (χ0n) is 12.1. The second-order valence-electron chi connectivity index (χ2n) is 5.33. The highest BCUT2D eigenvalue weighted by molar-refractivity contribution is 7.85. The highest BCUT2D eigenvalue weighted by atomic mass is 32.2. The van der Waals surface area contributed by atoms with Crippen molar-refractivity contribution < 1.29 is 4.21 Å². The van der Waals surface area contributed by atoms with Crippen molar-refractivity contribution >= 4 is 16.5 Å². The highest BCUT2D eigenvalue weighted by Gasteiger charge is 2.18. The molecule has 1 saturated heterocycles. The fraction of sp³-hybridized carbons (Fsp3) is 0.533. The predicted octanol–water partition coefficient (Wildman–Crippen LogP) is 1.62. The van der Waals surface area contributed by atoms with Gasteiger partial charge in [-0.25, -0.2) is 0 Å². The molecule has 0 atom stereocenters. The Bertz CT molecular complexity index is 526. The van der Waals surface area contributed by atoms with E-state index in [1.165, 1.54) is 0 Å². The average Bonchev–Trinajstić information content (AvgIpc) is 2.45. The monoisotopic (exact) mass is 291 g/mol. The van der Waals surface area contributed by atoms with Crippen molar-refractivity contribution in [1.82, 2.24) is 5.32 Å². The first-order chi connectivity index (χ1) is 9.60. The predicted molar refractivity (Wildman–Crippen MR) is 83.2 cm³/mol. The molecule has 0 aliphatic carbocycles. The Kier molecular flexibility index (Phi) is 5.16. The van der Waals surface area contributed by atoms with Gasteiger partial charge < -0.3 is 10.2 Å². The van der Waals surface area contributed by atoms with Crippen LogP contribution in [0.1, 0.15) is 25.0 Å². The standard InChI is InChI=1S/C15H21N3OS/c1-12(2)17-11-13-3-4-15(14(9-13)10-16)18-5-7-20(19)8-6-18/h3-4,9,12,17H,5-8,11H2,1-2H3. The minimum atomic E-state index is -0.691. The maximum atomic E-state index is 11.4. The van der Waals surface area contributed by atoms with Crippen LogP contribution in [0.25, 0.3) is 0 Å². The number of hydrogen-bond acceptors (Lipinski definition) is 4. The third-order valence-corrected chi connectivity index (χ3v) is 4.69. The maximum Gasteiger partial charge on any atom is 0.101 e. The second kappa shape index (κ2) is 6.87. The van der Waals surface area contributed by atoms with Gasteiger partial charge >= 0.3 is 0 Å². The normalized spacial score (nSPS) is 16.4. The smallest absolute Gasteiger partial charge is 0.101 e. The van der Waals surface area contributed by atoms with Gasteiger partial charge in [-0.05, 0) is 17.7 Å². The van der Waals surface area contributed by atoms with Crippen LogP contribution in [0.5, 0.6) is 0 Å². The summed E-state index contributed by atoms with van der Waals surface area (Å²) in [5.41, 5.74) is 2.80. The lowest BCUT2D eigenvalue weighted by Gasteiger charge is -2.29. The molecule has 5 heteroatoms. The Hall–Kier alpha value is -1.38. The Morgan fingerprint density at radius 1 is 1.40 bits per heavy atom. The van der Waals surface area contributed by atoms with Crippen LogP contribution in [0.2, 0.25) is 0 Å². The summed E-state index contributed by atoms with van der Waals surface area (Å²) < 4.78 is 11.4. The average molecular weight is 291 g/mol. The van der Waals surface area contributed by atoms with Crippen LogP contribution in [-0.4, -0.2) is 34.8 Å². The van der Waals surface area contributed by atoms with Crippen LogP contribution in [0.15, 0.2) is 18.2 Å². The minimum Gasteiger partial charge on any atom is -0.369 e. The van der Waals surface area contributed by atoms with E-state index in [2.05, 4.69) is 36.2 Å². The summed E-state index contributed by atoms with van der Waals surface area (Å²) in [6, 6.07) is 8.75. The summed E-state index contributed by atoms with van der Waals surface area (Å²) in [5, 5.41) is 12.7. The van der Waals surface area contributed by atoms with Crippen LogP contribution >= 0.6 is 0 Å². The fourth-order valence-electron chi connectivity index (χ4n) is 2.26. The van der Waals surface area contributed by atoms with Gasteiger partial charge in [0.25, 0.3) is 0 Å². The van der Waals surface area contributed by atoms with Gasteiger partial charge in [-0.1, -0.05) is 19.9 Å². The lowest BCUT2D eigenvalue weighted by molar-refractivity contribution is 0.589. The molecule has 2 rings (SSSR count). The Labute approximate surface area is 123 Å². The summed E-state index contributed by atoms with van der Waals surface area (Å²) in [6.45, 7) is 6.52. The molecule has 0 spiro atoms. The number of nitrogens with zero attached hydrogens (tertiary/aromatic N) is 2. The van der Waals surface area contributed by atoms with Gasteiger partial charge in [0, 0.05) is 48.0 Å². The molecule has 1 aromatic rings. The SMILES string of the molecule is CC(C)NCc1ccc(N2CCS(=O)CC2)c(C#N)c1. The number of nitrogens with one attached hydrogen (secondary N) is 1. The van der Waals surface area contributed by atoms with Crippen molar-refractivity contribution in [2.24, 2.45) is 0 Å². The van der Waals surface area contributed by atoms with Crippen molar-refractivity contribution in [3.8, 4) is 6.07 Å². The molecule has 0 radical (unpaired) electrons. The summed E-state index contributed by atoms with van der Waals surface area (Å²) >= 11 is 0. The van der Waals surface area contributed by atoms with Gasteiger partial charge in [0.05, 0.1) is 11.3 Å². The zero-order valence-corrected chi connectivity index (χ0v) is 12.9. The van der Waals surface area contributed by atoms with Gasteiger partial charge in [-0.3, -0.25) is 4.21 Å². The van der Waals surface area contributed by atoms with Gasteiger partial charge in [0.1, 0.15) is 6.07 Å². The molecular formula is C15H21N3OS. The number of rotatable bonds is 4. The number of anilines is 1. The molecule has 20 heavy (non-hydrogen) atoms. The van der Waals surface area contributed by atoms with Crippen molar-refractivity contribution in [2.45, 2.75) is 26.4 Å². The van der Waals surface area contributed by atoms with E-state index in [4.69, 9.17) is 0 Å². The van der Waals surface area contributed by atoms with E-state index in [-0.39, 0.29) is 0 Å². The first kappa shape index (κ1) is 15.0. The third-order valence-electron chi connectivity index (χ3n) is 3.41. The molecule has 108 valence electrons. The first-order valence-corrected chi connectivity index (χ1v) is 8.45. The summed E-state index contributed by atoms with van der Waals surface area (Å²) in [7, 11) is -0.691. The number of nitriles is 1. The summed E-state index contributed by atoms with van der Waals surface area (Å²) in [6.07, 6.45) is 0. The maximum absolute atomic E-state index is 11.4. The van der Waals surface area contributed by atoms with Crippen LogP contribution < -0.4 is 10.2 Å². The molecule has 1 heterocycles. The molecule has 1 aromatic carbocycles. The second-order valence-corrected chi connectivity index (χ2v) is 7.03. The largest absolute Gasteiger partial charge is 0.369 e. The van der Waals surface area contributed by atoms with E-state index >= 15 is 0 Å². The zero-order chi connectivity index (χ0) is 14.5. The van der Waals surface area contributed by atoms with E-state index in [9.17, 15) is 9.47 Å².